The molecule has 0 rings (SSSR count). The second-order valence-electron chi connectivity index (χ2n) is 2.55. The summed E-state index contributed by atoms with van der Waals surface area (Å²) >= 11 is 0. The summed E-state index contributed by atoms with van der Waals surface area (Å²) in [5, 5.41) is 17.3. The highest BCUT2D eigenvalue weighted by molar-refractivity contribution is 7.41. The van der Waals surface area contributed by atoms with Gasteiger partial charge in [-0.15, -0.1) is 0 Å². The maximum atomic E-state index is 10.9. The maximum absolute atomic E-state index is 10.9. The molecule has 2 unspecified atom stereocenters. The molecule has 0 bridgehead atoms. The molecule has 0 spiro atoms. The average molecular weight is 211 g/mol. The number of aliphatic hydroxyl groups is 2. The first-order valence-electron chi connectivity index (χ1n) is 3.36. The third kappa shape index (κ3) is 4.25. The number of carbonyl (C=O) groups is 1. The zero-order chi connectivity index (χ0) is 10.6. The molecular weight excluding hydrogens is 199 g/mol. The van der Waals surface area contributed by atoms with Crippen molar-refractivity contribution in [2.45, 2.75) is 18.4 Å². The summed E-state index contributed by atoms with van der Waals surface area (Å²) in [5.74, 6) is -1.07. The maximum Gasteiger partial charge on any atom is 0.611 e. The van der Waals surface area contributed by atoms with E-state index >= 15 is 0 Å². The van der Waals surface area contributed by atoms with Crippen LogP contribution in [0.1, 0.15) is 6.92 Å². The molecule has 0 aromatic heterocycles. The molecule has 0 aromatic rings. The van der Waals surface area contributed by atoms with Crippen molar-refractivity contribution in [3.63, 3.8) is 0 Å². The van der Waals surface area contributed by atoms with Crippen LogP contribution in [0.2, 0.25) is 0 Å². The van der Waals surface area contributed by atoms with Gasteiger partial charge in [-0.3, -0.25) is 5.73 Å². The molecule has 0 amide bonds. The third-order valence-electron chi connectivity index (χ3n) is 1.04. The number of rotatable bonds is 4. The lowest BCUT2D eigenvalue weighted by Crippen LogP contribution is -2.37. The van der Waals surface area contributed by atoms with Crippen LogP contribution in [0.3, 0.4) is 0 Å². The highest BCUT2D eigenvalue weighted by atomic mass is 31.1. The molecule has 13 heavy (non-hydrogen) atoms. The molecule has 7 nitrogen and oxygen atoms in total. The van der Waals surface area contributed by atoms with Gasteiger partial charge in [0.05, 0.1) is 6.61 Å². The minimum atomic E-state index is -2.76. The Balaban J connectivity index is 4.16. The van der Waals surface area contributed by atoms with E-state index in [1.165, 1.54) is 0 Å². The highest BCUT2D eigenvalue weighted by Crippen LogP contribution is 2.33. The van der Waals surface area contributed by atoms with Gasteiger partial charge < -0.3 is 15.9 Å². The summed E-state index contributed by atoms with van der Waals surface area (Å²) in [6.45, 7) is 0.387. The van der Waals surface area contributed by atoms with Gasteiger partial charge in [0.25, 0.3) is 0 Å². The number of hydrogen-bond acceptors (Lipinski definition) is 7. The normalized spacial score (nSPS) is 18.7. The van der Waals surface area contributed by atoms with Crippen LogP contribution in [0.5, 0.6) is 0 Å². The molecule has 0 aliphatic rings. The van der Waals surface area contributed by atoms with Crippen molar-refractivity contribution in [3.8, 4) is 0 Å². The fraction of sp³-hybridized carbons (Fsp3) is 0.800. The van der Waals surface area contributed by atoms with Crippen molar-refractivity contribution in [1.82, 2.24) is 0 Å². The monoisotopic (exact) mass is 211 g/mol. The zero-order valence-corrected chi connectivity index (χ0v) is 7.90. The Hall–Kier alpha value is -0.590. The molecule has 0 aliphatic carbocycles. The number of carbonyl (C=O) groups excluding carboxylic acids is 1. The van der Waals surface area contributed by atoms with Crippen molar-refractivity contribution in [2.24, 2.45) is 11.5 Å². The van der Waals surface area contributed by atoms with E-state index in [9.17, 15) is 9.36 Å². The van der Waals surface area contributed by atoms with Gasteiger partial charge in [0.15, 0.2) is 0 Å². The Bertz CT molecular complexity index is 213. The summed E-state index contributed by atoms with van der Waals surface area (Å²) < 4.78 is 15.1. The van der Waals surface area contributed by atoms with E-state index in [0.717, 1.165) is 6.92 Å². The summed E-state index contributed by atoms with van der Waals surface area (Å²) in [4.78, 5) is 10.8. The van der Waals surface area contributed by atoms with Crippen LogP contribution in [0, 0.1) is 0 Å². The SMILES string of the molecule is CC(N)(O)[P+](=O)OC(=O)[C@@H](N)CO. The Labute approximate surface area is 75.5 Å². The number of aliphatic hydroxyl groups excluding tert-OH is 1. The average Bonchev–Trinajstić information content (AvgIpc) is 2.01. The minimum Gasteiger partial charge on any atom is -0.394 e. The predicted molar refractivity (Wildman–Crippen MR) is 43.6 cm³/mol. The molecule has 0 radical (unpaired) electrons. The molecule has 0 aromatic carbocycles. The van der Waals surface area contributed by atoms with E-state index in [2.05, 4.69) is 4.52 Å². The largest absolute Gasteiger partial charge is 0.611 e. The van der Waals surface area contributed by atoms with Crippen molar-refractivity contribution in [3.05, 3.63) is 0 Å². The third-order valence-corrected chi connectivity index (χ3v) is 2.13. The molecule has 6 N–H and O–H groups in total. The van der Waals surface area contributed by atoms with E-state index in [1.54, 1.807) is 0 Å². The predicted octanol–water partition coefficient (Wildman–Crippen LogP) is -1.78. The summed E-state index contributed by atoms with van der Waals surface area (Å²) in [6.07, 6.45) is 0. The molecule has 0 aliphatic heterocycles. The second-order valence-corrected chi connectivity index (χ2v) is 4.15. The zero-order valence-electron chi connectivity index (χ0n) is 7.01. The van der Waals surface area contributed by atoms with Gasteiger partial charge in [-0.25, -0.2) is 9.32 Å². The van der Waals surface area contributed by atoms with Crippen LogP contribution in [-0.2, 0) is 13.9 Å². The first-order chi connectivity index (χ1) is 5.79. The van der Waals surface area contributed by atoms with Gasteiger partial charge in [0.2, 0.25) is 0 Å². The Morgan fingerprint density at radius 1 is 1.77 bits per heavy atom. The lowest BCUT2D eigenvalue weighted by molar-refractivity contribution is -0.136. The number of hydrogen-bond donors (Lipinski definition) is 4. The van der Waals surface area contributed by atoms with Gasteiger partial charge in [0, 0.05) is 6.92 Å². The Kier molecular flexibility index (Phi) is 4.38. The quantitative estimate of drug-likeness (QED) is 0.318. The molecule has 0 heterocycles. The Morgan fingerprint density at radius 2 is 2.23 bits per heavy atom. The van der Waals surface area contributed by atoms with E-state index in [0.29, 0.717) is 0 Å². The summed E-state index contributed by atoms with van der Waals surface area (Å²) in [7, 11) is -2.76. The van der Waals surface area contributed by atoms with Gasteiger partial charge in [0.1, 0.15) is 6.04 Å². The minimum absolute atomic E-state index is 0.630. The highest BCUT2D eigenvalue weighted by Gasteiger charge is 2.44. The van der Waals surface area contributed by atoms with Gasteiger partial charge in [-0.1, -0.05) is 0 Å². The molecule has 0 saturated carbocycles. The van der Waals surface area contributed by atoms with Gasteiger partial charge >= 0.3 is 19.5 Å². The molecule has 0 fully saturated rings. The molecular formula is C5H12N2O5P+. The smallest absolute Gasteiger partial charge is 0.394 e. The van der Waals surface area contributed by atoms with Crippen molar-refractivity contribution in [2.75, 3.05) is 6.61 Å². The lowest BCUT2D eigenvalue weighted by Gasteiger charge is -2.04. The summed E-state index contributed by atoms with van der Waals surface area (Å²) in [6, 6.07) is -1.28. The van der Waals surface area contributed by atoms with E-state index in [4.69, 9.17) is 21.7 Å². The van der Waals surface area contributed by atoms with Gasteiger partial charge in [-0.2, -0.15) is 0 Å². The van der Waals surface area contributed by atoms with Crippen LogP contribution in [0.15, 0.2) is 0 Å². The lowest BCUT2D eigenvalue weighted by atomic mass is 10.3. The first-order valence-corrected chi connectivity index (χ1v) is 4.53. The molecule has 3 atom stereocenters. The van der Waals surface area contributed by atoms with Crippen LogP contribution in [0.25, 0.3) is 0 Å². The fourth-order valence-electron chi connectivity index (χ4n) is 0.316. The van der Waals surface area contributed by atoms with Crippen LogP contribution >= 0.6 is 8.03 Å². The van der Waals surface area contributed by atoms with E-state index < -0.39 is 32.1 Å². The second kappa shape index (κ2) is 4.59. The molecule has 8 heteroatoms. The molecule has 76 valence electrons. The number of nitrogens with two attached hydrogens (primary N) is 2. The van der Waals surface area contributed by atoms with E-state index in [-0.39, 0.29) is 0 Å². The summed E-state index contributed by atoms with van der Waals surface area (Å²) in [5.41, 5.74) is 7.90. The first kappa shape index (κ1) is 12.4. The Morgan fingerprint density at radius 3 is 2.54 bits per heavy atom. The standard InChI is InChI=1S/C5H12N2O5P/c1-5(7,10)13(11)12-4(9)3(6)2-8/h3,8,10H,2,6-7H2,1H3/q+1/t3-,5?/m0/s1. The topological polar surface area (TPSA) is 136 Å². The van der Waals surface area contributed by atoms with Crippen molar-refractivity contribution >= 4 is 14.0 Å². The van der Waals surface area contributed by atoms with E-state index in [1.807, 2.05) is 0 Å². The van der Waals surface area contributed by atoms with Crippen LogP contribution in [-0.4, -0.2) is 34.3 Å². The fourth-order valence-corrected chi connectivity index (χ4v) is 0.800. The van der Waals surface area contributed by atoms with Crippen LogP contribution < -0.4 is 11.5 Å². The molecule has 0 saturated heterocycles. The van der Waals surface area contributed by atoms with Crippen LogP contribution in [0.4, 0.5) is 0 Å². The van der Waals surface area contributed by atoms with Crippen molar-refractivity contribution in [1.29, 1.82) is 0 Å². The van der Waals surface area contributed by atoms with Gasteiger partial charge in [-0.05, 0) is 4.57 Å². The van der Waals surface area contributed by atoms with Crippen molar-refractivity contribution < 1.29 is 24.1 Å².